The number of hydrogen-bond donors (Lipinski definition) is 0. The van der Waals surface area contributed by atoms with Crippen molar-refractivity contribution in [3.8, 4) is 11.4 Å². The van der Waals surface area contributed by atoms with Crippen molar-refractivity contribution in [2.75, 3.05) is 31.2 Å². The van der Waals surface area contributed by atoms with Crippen LogP contribution in [-0.4, -0.2) is 41.0 Å². The minimum atomic E-state index is 0.780. The number of anilines is 1. The Morgan fingerprint density at radius 2 is 1.97 bits per heavy atom. The summed E-state index contributed by atoms with van der Waals surface area (Å²) in [6, 6.07) is 10.8. The maximum atomic E-state index is 5.52. The summed E-state index contributed by atoms with van der Waals surface area (Å²) >= 11 is 3.65. The molecule has 0 N–H and O–H groups in total. The van der Waals surface area contributed by atoms with Crippen molar-refractivity contribution in [3.05, 3.63) is 40.5 Å². The fraction of sp³-hybridized carbons (Fsp3) is 0.391. The van der Waals surface area contributed by atoms with Crippen LogP contribution in [0, 0.1) is 6.92 Å². The van der Waals surface area contributed by atoms with Crippen molar-refractivity contribution in [3.63, 3.8) is 0 Å². The van der Waals surface area contributed by atoms with Crippen LogP contribution in [0.1, 0.15) is 25.5 Å². The molecule has 1 aliphatic rings. The van der Waals surface area contributed by atoms with Crippen molar-refractivity contribution < 1.29 is 9.26 Å². The first kappa shape index (κ1) is 19.6. The summed E-state index contributed by atoms with van der Waals surface area (Å²) in [6.45, 7) is 8.55. The van der Waals surface area contributed by atoms with Gasteiger partial charge < -0.3 is 18.7 Å². The van der Waals surface area contributed by atoms with Crippen LogP contribution < -0.4 is 4.90 Å². The van der Waals surface area contributed by atoms with Crippen LogP contribution in [0.2, 0.25) is 0 Å². The largest absolute Gasteiger partial charge is 0.378 e. The zero-order chi connectivity index (χ0) is 20.7. The molecule has 0 radical (unpaired) electrons. The molecule has 156 valence electrons. The quantitative estimate of drug-likeness (QED) is 0.384. The summed E-state index contributed by atoms with van der Waals surface area (Å²) in [5, 5.41) is 5.14. The van der Waals surface area contributed by atoms with Crippen molar-refractivity contribution in [2.45, 2.75) is 33.2 Å². The molecule has 2 aromatic heterocycles. The van der Waals surface area contributed by atoms with Gasteiger partial charge in [0.15, 0.2) is 5.58 Å². The third kappa shape index (κ3) is 3.40. The molecule has 0 bridgehead atoms. The molecule has 7 heteroatoms. The Morgan fingerprint density at radius 3 is 2.77 bits per heavy atom. The van der Waals surface area contributed by atoms with Gasteiger partial charge in [-0.1, -0.05) is 18.5 Å². The molecule has 1 saturated heterocycles. The van der Waals surface area contributed by atoms with E-state index < -0.39 is 0 Å². The Balaban J connectivity index is 1.66. The van der Waals surface area contributed by atoms with E-state index >= 15 is 0 Å². The number of ether oxygens (including phenoxy) is 1. The van der Waals surface area contributed by atoms with E-state index in [9.17, 15) is 0 Å². The second kappa shape index (κ2) is 8.04. The lowest BCUT2D eigenvalue weighted by molar-refractivity contribution is 0.122. The molecule has 1 fully saturated rings. The van der Waals surface area contributed by atoms with Gasteiger partial charge in [-0.3, -0.25) is 0 Å². The molecule has 0 atom stereocenters. The first-order valence-electron chi connectivity index (χ1n) is 10.5. The van der Waals surface area contributed by atoms with Gasteiger partial charge >= 0.3 is 0 Å². The van der Waals surface area contributed by atoms with E-state index in [1.54, 1.807) is 0 Å². The summed E-state index contributed by atoms with van der Waals surface area (Å²) in [7, 11) is 0. The Bertz CT molecular complexity index is 1210. The molecule has 30 heavy (non-hydrogen) atoms. The van der Waals surface area contributed by atoms with Crippen LogP contribution in [0.5, 0.6) is 0 Å². The second-order valence-electron chi connectivity index (χ2n) is 7.82. The van der Waals surface area contributed by atoms with Crippen molar-refractivity contribution in [2.24, 2.45) is 0 Å². The molecule has 1 aliphatic heterocycles. The Morgan fingerprint density at radius 1 is 1.13 bits per heavy atom. The molecule has 0 aliphatic carbocycles. The highest BCUT2D eigenvalue weighted by atomic mass is 79.9. The van der Waals surface area contributed by atoms with E-state index in [0.717, 1.165) is 83.7 Å². The zero-order valence-electron chi connectivity index (χ0n) is 17.3. The predicted octanol–water partition coefficient (Wildman–Crippen LogP) is 5.55. The van der Waals surface area contributed by atoms with Crippen LogP contribution in [0.3, 0.4) is 0 Å². The van der Waals surface area contributed by atoms with Gasteiger partial charge in [-0.2, -0.15) is 0 Å². The molecular formula is C23H25BrN4O2. The SMILES string of the molecule is CCCCn1c(-c2cc(Br)c3onc(C)c3c2)nc2ccc(N3CCOCC3)cc21. The maximum Gasteiger partial charge on any atom is 0.181 e. The molecule has 2 aromatic carbocycles. The van der Waals surface area contributed by atoms with E-state index in [2.05, 4.69) is 67.8 Å². The number of hydrogen-bond acceptors (Lipinski definition) is 5. The number of imidazole rings is 1. The number of aromatic nitrogens is 3. The van der Waals surface area contributed by atoms with E-state index in [1.165, 1.54) is 11.2 Å². The molecule has 0 amide bonds. The first-order valence-corrected chi connectivity index (χ1v) is 11.3. The van der Waals surface area contributed by atoms with Gasteiger partial charge in [0.1, 0.15) is 5.82 Å². The van der Waals surface area contributed by atoms with Crippen LogP contribution in [-0.2, 0) is 11.3 Å². The summed E-state index contributed by atoms with van der Waals surface area (Å²) in [4.78, 5) is 7.42. The monoisotopic (exact) mass is 468 g/mol. The van der Waals surface area contributed by atoms with Gasteiger partial charge in [0.2, 0.25) is 0 Å². The van der Waals surface area contributed by atoms with E-state index in [4.69, 9.17) is 14.2 Å². The number of benzene rings is 2. The minimum Gasteiger partial charge on any atom is -0.378 e. The minimum absolute atomic E-state index is 0.780. The normalized spacial score (nSPS) is 14.8. The lowest BCUT2D eigenvalue weighted by atomic mass is 10.1. The van der Waals surface area contributed by atoms with Gasteiger partial charge in [-0.05, 0) is 59.6 Å². The molecule has 0 saturated carbocycles. The number of aryl methyl sites for hydroxylation is 2. The third-order valence-electron chi connectivity index (χ3n) is 5.81. The standard InChI is InChI=1S/C23H25BrN4O2/c1-3-4-7-28-21-14-17(27-8-10-29-11-9-27)5-6-20(21)25-23(28)16-12-18-15(2)26-30-22(18)19(24)13-16/h5-6,12-14H,3-4,7-11H2,1-2H3. The van der Waals surface area contributed by atoms with Gasteiger partial charge in [0.25, 0.3) is 0 Å². The smallest absolute Gasteiger partial charge is 0.181 e. The Labute approximate surface area is 183 Å². The van der Waals surface area contributed by atoms with Gasteiger partial charge in [0.05, 0.1) is 34.4 Å². The molecular weight excluding hydrogens is 444 g/mol. The van der Waals surface area contributed by atoms with Crippen molar-refractivity contribution >= 4 is 43.6 Å². The lowest BCUT2D eigenvalue weighted by Crippen LogP contribution is -2.36. The number of nitrogens with zero attached hydrogens (tertiary/aromatic N) is 4. The van der Waals surface area contributed by atoms with Gasteiger partial charge in [-0.15, -0.1) is 0 Å². The van der Waals surface area contributed by atoms with Crippen LogP contribution >= 0.6 is 15.9 Å². The number of fused-ring (bicyclic) bond motifs is 2. The van der Waals surface area contributed by atoms with Gasteiger partial charge in [0, 0.05) is 36.3 Å². The van der Waals surface area contributed by atoms with Crippen LogP contribution in [0.25, 0.3) is 33.4 Å². The van der Waals surface area contributed by atoms with E-state index in [-0.39, 0.29) is 0 Å². The number of morpholine rings is 1. The van der Waals surface area contributed by atoms with Crippen LogP contribution in [0.4, 0.5) is 5.69 Å². The molecule has 6 nitrogen and oxygen atoms in total. The molecule has 0 unspecified atom stereocenters. The number of rotatable bonds is 5. The molecule has 3 heterocycles. The summed E-state index contributed by atoms with van der Waals surface area (Å²) in [5.41, 5.74) is 6.18. The lowest BCUT2D eigenvalue weighted by Gasteiger charge is -2.28. The second-order valence-corrected chi connectivity index (χ2v) is 8.67. The molecule has 0 spiro atoms. The highest BCUT2D eigenvalue weighted by Gasteiger charge is 2.18. The first-order chi connectivity index (χ1) is 14.7. The average molecular weight is 469 g/mol. The van der Waals surface area contributed by atoms with E-state index in [1.807, 2.05) is 6.92 Å². The highest BCUT2D eigenvalue weighted by Crippen LogP contribution is 2.35. The Kier molecular flexibility index (Phi) is 5.25. The third-order valence-corrected chi connectivity index (χ3v) is 6.40. The maximum absolute atomic E-state index is 5.52. The van der Waals surface area contributed by atoms with Crippen molar-refractivity contribution in [1.82, 2.24) is 14.7 Å². The van der Waals surface area contributed by atoms with E-state index in [0.29, 0.717) is 0 Å². The van der Waals surface area contributed by atoms with Crippen LogP contribution in [0.15, 0.2) is 39.3 Å². The molecule has 5 rings (SSSR count). The summed E-state index contributed by atoms with van der Waals surface area (Å²) < 4.78 is 14.2. The fourth-order valence-corrected chi connectivity index (χ4v) is 4.67. The number of halogens is 1. The molecule has 4 aromatic rings. The van der Waals surface area contributed by atoms with Gasteiger partial charge in [-0.25, -0.2) is 4.98 Å². The Hall–Kier alpha value is -2.38. The number of unbranched alkanes of at least 4 members (excludes halogenated alkanes) is 1. The highest BCUT2D eigenvalue weighted by molar-refractivity contribution is 9.10. The van der Waals surface area contributed by atoms with Crippen molar-refractivity contribution in [1.29, 1.82) is 0 Å². The summed E-state index contributed by atoms with van der Waals surface area (Å²) in [5.74, 6) is 0.987. The predicted molar refractivity (Wildman–Crippen MR) is 123 cm³/mol. The summed E-state index contributed by atoms with van der Waals surface area (Å²) in [6.07, 6.45) is 2.24. The topological polar surface area (TPSA) is 56.3 Å². The fourth-order valence-electron chi connectivity index (χ4n) is 4.14. The average Bonchev–Trinajstić information content (AvgIpc) is 3.33. The zero-order valence-corrected chi connectivity index (χ0v) is 18.9.